The molecule has 182 valence electrons. The Kier molecular flexibility index (Phi) is 10.4. The first-order chi connectivity index (χ1) is 15.7. The lowest BCUT2D eigenvalue weighted by Crippen LogP contribution is -2.52. The van der Waals surface area contributed by atoms with Crippen LogP contribution in [0, 0.1) is 0 Å². The SMILES string of the molecule is CCNC(=NCc1ccc(CN2CCC(O)CC2)cc1)N1CCN(Cc2ccon2)CC1.I. The number of hydrogen-bond donors (Lipinski definition) is 2. The number of aliphatic imine (C=N–C) groups is 1. The van der Waals surface area contributed by atoms with Crippen molar-refractivity contribution in [3.8, 4) is 0 Å². The van der Waals surface area contributed by atoms with Gasteiger partial charge in [-0.1, -0.05) is 29.4 Å². The minimum absolute atomic E-state index is 0. The van der Waals surface area contributed by atoms with E-state index in [4.69, 9.17) is 9.52 Å². The molecular formula is C24H37IN6O2. The molecule has 4 rings (SSSR count). The fourth-order valence-corrected chi connectivity index (χ4v) is 4.34. The lowest BCUT2D eigenvalue weighted by Gasteiger charge is -2.36. The van der Waals surface area contributed by atoms with Crippen LogP contribution in [-0.2, 0) is 19.6 Å². The molecule has 1 aromatic heterocycles. The summed E-state index contributed by atoms with van der Waals surface area (Å²) in [7, 11) is 0. The number of aliphatic hydroxyl groups excluding tert-OH is 1. The third-order valence-electron chi connectivity index (χ3n) is 6.28. The number of piperazine rings is 1. The van der Waals surface area contributed by atoms with Crippen molar-refractivity contribution in [3.05, 3.63) is 53.4 Å². The lowest BCUT2D eigenvalue weighted by atomic mass is 10.1. The molecule has 0 bridgehead atoms. The van der Waals surface area contributed by atoms with Crippen molar-refractivity contribution in [2.75, 3.05) is 45.8 Å². The van der Waals surface area contributed by atoms with Crippen LogP contribution in [0.4, 0.5) is 0 Å². The van der Waals surface area contributed by atoms with Crippen LogP contribution in [0.1, 0.15) is 36.6 Å². The third-order valence-corrected chi connectivity index (χ3v) is 6.28. The van der Waals surface area contributed by atoms with E-state index in [9.17, 15) is 5.11 Å². The number of nitrogens with one attached hydrogen (secondary N) is 1. The van der Waals surface area contributed by atoms with Gasteiger partial charge in [-0.15, -0.1) is 24.0 Å². The molecule has 2 aliphatic heterocycles. The largest absolute Gasteiger partial charge is 0.393 e. The van der Waals surface area contributed by atoms with E-state index >= 15 is 0 Å². The summed E-state index contributed by atoms with van der Waals surface area (Å²) in [6, 6.07) is 10.7. The zero-order valence-electron chi connectivity index (χ0n) is 19.5. The molecule has 0 saturated carbocycles. The molecule has 2 fully saturated rings. The van der Waals surface area contributed by atoms with Crippen LogP contribution in [0.3, 0.4) is 0 Å². The maximum Gasteiger partial charge on any atom is 0.194 e. The number of likely N-dealkylation sites (tertiary alicyclic amines) is 1. The molecule has 2 aromatic rings. The van der Waals surface area contributed by atoms with E-state index in [0.29, 0.717) is 6.54 Å². The van der Waals surface area contributed by atoms with Crippen LogP contribution >= 0.6 is 24.0 Å². The van der Waals surface area contributed by atoms with Gasteiger partial charge in [-0.3, -0.25) is 9.80 Å². The minimum atomic E-state index is -0.117. The first-order valence-electron chi connectivity index (χ1n) is 11.8. The summed E-state index contributed by atoms with van der Waals surface area (Å²) >= 11 is 0. The van der Waals surface area contributed by atoms with Gasteiger partial charge in [-0.25, -0.2) is 4.99 Å². The van der Waals surface area contributed by atoms with E-state index in [1.165, 1.54) is 11.1 Å². The normalized spacial score (nSPS) is 18.8. The summed E-state index contributed by atoms with van der Waals surface area (Å²) in [5, 5.41) is 17.1. The molecule has 1 aromatic carbocycles. The third kappa shape index (κ3) is 7.94. The van der Waals surface area contributed by atoms with Crippen molar-refractivity contribution < 1.29 is 9.63 Å². The van der Waals surface area contributed by atoms with Crippen LogP contribution in [0.15, 0.2) is 46.1 Å². The van der Waals surface area contributed by atoms with Crippen molar-refractivity contribution >= 4 is 29.9 Å². The quantitative estimate of drug-likeness (QED) is 0.302. The van der Waals surface area contributed by atoms with Gasteiger partial charge in [0.05, 0.1) is 18.3 Å². The summed E-state index contributed by atoms with van der Waals surface area (Å²) in [4.78, 5) is 12.1. The van der Waals surface area contributed by atoms with Gasteiger partial charge < -0.3 is 19.8 Å². The molecule has 0 spiro atoms. The fourth-order valence-electron chi connectivity index (χ4n) is 4.34. The molecule has 0 amide bonds. The highest BCUT2D eigenvalue weighted by Gasteiger charge is 2.20. The monoisotopic (exact) mass is 568 g/mol. The van der Waals surface area contributed by atoms with Crippen molar-refractivity contribution in [2.45, 2.75) is 45.5 Å². The molecule has 0 aliphatic carbocycles. The Morgan fingerprint density at radius 3 is 2.30 bits per heavy atom. The summed E-state index contributed by atoms with van der Waals surface area (Å²) in [5.41, 5.74) is 3.53. The van der Waals surface area contributed by atoms with Gasteiger partial charge in [0.1, 0.15) is 6.26 Å². The molecular weight excluding hydrogens is 531 g/mol. The van der Waals surface area contributed by atoms with Crippen LogP contribution in [0.2, 0.25) is 0 Å². The van der Waals surface area contributed by atoms with Crippen LogP contribution in [0.25, 0.3) is 0 Å². The highest BCUT2D eigenvalue weighted by atomic mass is 127. The standard InChI is InChI=1S/C24H36N6O2.HI/c1-2-25-24(30-14-12-29(13-15-30)19-22-9-16-32-27-22)26-17-20-3-5-21(6-4-20)18-28-10-7-23(31)8-11-28;/h3-6,9,16,23,31H,2,7-8,10-15,17-19H2,1H3,(H,25,26);1H. The van der Waals surface area contributed by atoms with Crippen LogP contribution in [0.5, 0.6) is 0 Å². The maximum atomic E-state index is 9.67. The zero-order valence-corrected chi connectivity index (χ0v) is 21.9. The zero-order chi connectivity index (χ0) is 22.2. The number of halogens is 1. The number of aromatic nitrogens is 1. The number of aliphatic hydroxyl groups is 1. The van der Waals surface area contributed by atoms with Crippen molar-refractivity contribution in [3.63, 3.8) is 0 Å². The summed E-state index contributed by atoms with van der Waals surface area (Å²) in [5.74, 6) is 0.990. The molecule has 0 radical (unpaired) electrons. The number of nitrogens with zero attached hydrogens (tertiary/aromatic N) is 5. The van der Waals surface area contributed by atoms with Crippen molar-refractivity contribution in [1.82, 2.24) is 25.2 Å². The average Bonchev–Trinajstić information content (AvgIpc) is 3.33. The Balaban J connectivity index is 0.00000306. The smallest absolute Gasteiger partial charge is 0.194 e. The summed E-state index contributed by atoms with van der Waals surface area (Å²) in [6.07, 6.45) is 3.28. The number of hydrogen-bond acceptors (Lipinski definition) is 6. The van der Waals surface area contributed by atoms with E-state index in [2.05, 4.69) is 56.4 Å². The highest BCUT2D eigenvalue weighted by Crippen LogP contribution is 2.15. The van der Waals surface area contributed by atoms with E-state index in [1.54, 1.807) is 6.26 Å². The van der Waals surface area contributed by atoms with Gasteiger partial charge in [-0.2, -0.15) is 0 Å². The Labute approximate surface area is 214 Å². The second-order valence-electron chi connectivity index (χ2n) is 8.75. The Hall–Kier alpha value is -1.69. The average molecular weight is 569 g/mol. The Bertz CT molecular complexity index is 829. The molecule has 9 heteroatoms. The molecule has 0 atom stereocenters. The molecule has 2 aliphatic rings. The first kappa shape index (κ1) is 25.9. The Morgan fingerprint density at radius 2 is 1.67 bits per heavy atom. The fraction of sp³-hybridized carbons (Fsp3) is 0.583. The van der Waals surface area contributed by atoms with E-state index < -0.39 is 0 Å². The number of piperidine rings is 1. The van der Waals surface area contributed by atoms with Gasteiger partial charge in [0.25, 0.3) is 0 Å². The number of rotatable bonds is 7. The highest BCUT2D eigenvalue weighted by molar-refractivity contribution is 14.0. The Morgan fingerprint density at radius 1 is 1.00 bits per heavy atom. The van der Waals surface area contributed by atoms with E-state index in [0.717, 1.165) is 83.4 Å². The van der Waals surface area contributed by atoms with Crippen molar-refractivity contribution in [2.24, 2.45) is 4.99 Å². The van der Waals surface area contributed by atoms with Gasteiger partial charge >= 0.3 is 0 Å². The van der Waals surface area contributed by atoms with E-state index in [-0.39, 0.29) is 30.1 Å². The molecule has 0 unspecified atom stereocenters. The van der Waals surface area contributed by atoms with E-state index in [1.807, 2.05) is 6.07 Å². The van der Waals surface area contributed by atoms with Crippen molar-refractivity contribution in [1.29, 1.82) is 0 Å². The minimum Gasteiger partial charge on any atom is -0.393 e. The lowest BCUT2D eigenvalue weighted by molar-refractivity contribution is 0.0792. The molecule has 2 N–H and O–H groups in total. The first-order valence-corrected chi connectivity index (χ1v) is 11.8. The predicted octanol–water partition coefficient (Wildman–Crippen LogP) is 2.53. The molecule has 33 heavy (non-hydrogen) atoms. The van der Waals surface area contributed by atoms with Gasteiger partial charge in [0.2, 0.25) is 0 Å². The second-order valence-corrected chi connectivity index (χ2v) is 8.75. The number of guanidine groups is 1. The van der Waals surface area contributed by atoms with Gasteiger partial charge in [-0.05, 0) is 30.9 Å². The number of benzene rings is 1. The topological polar surface area (TPSA) is 80.4 Å². The molecule has 2 saturated heterocycles. The van der Waals surface area contributed by atoms with Gasteiger partial charge in [0.15, 0.2) is 5.96 Å². The molecule has 8 nitrogen and oxygen atoms in total. The predicted molar refractivity (Wildman–Crippen MR) is 141 cm³/mol. The van der Waals surface area contributed by atoms with Crippen LogP contribution in [-0.4, -0.2) is 82.8 Å². The second kappa shape index (κ2) is 13.3. The molecule has 3 heterocycles. The van der Waals surface area contributed by atoms with Crippen LogP contribution < -0.4 is 5.32 Å². The summed E-state index contributed by atoms with van der Waals surface area (Å²) < 4.78 is 4.94. The van der Waals surface area contributed by atoms with Gasteiger partial charge in [0, 0.05) is 65.0 Å². The summed E-state index contributed by atoms with van der Waals surface area (Å²) in [6.45, 7) is 11.3. The maximum absolute atomic E-state index is 9.67.